The van der Waals surface area contributed by atoms with Crippen LogP contribution in [0, 0.1) is 29.1 Å². The molecule has 2 unspecified atom stereocenters. The number of carbonyl (C=O) groups excluding carboxylic acids is 1. The average Bonchev–Trinajstić information content (AvgIpc) is 3.40. The largest absolute Gasteiger partial charge is 0.494 e. The summed E-state index contributed by atoms with van der Waals surface area (Å²) in [4.78, 5) is 37.0. The number of anilines is 1. The number of hydrogen-bond acceptors (Lipinski definition) is 8. The van der Waals surface area contributed by atoms with E-state index < -0.39 is 0 Å². The van der Waals surface area contributed by atoms with Crippen molar-refractivity contribution in [2.24, 2.45) is 17.8 Å². The van der Waals surface area contributed by atoms with E-state index in [2.05, 4.69) is 55.2 Å². The van der Waals surface area contributed by atoms with Crippen molar-refractivity contribution in [3.05, 3.63) is 71.8 Å². The average molecular weight is 640 g/mol. The van der Waals surface area contributed by atoms with E-state index in [-0.39, 0.29) is 17.9 Å². The third kappa shape index (κ3) is 4.65. The second-order valence-electron chi connectivity index (χ2n) is 13.8. The summed E-state index contributed by atoms with van der Waals surface area (Å²) < 4.78 is 10.7. The maximum absolute atomic E-state index is 14.0. The van der Waals surface area contributed by atoms with Gasteiger partial charge in [0.1, 0.15) is 23.0 Å². The number of allylic oxidation sites excluding steroid dienone is 1. The van der Waals surface area contributed by atoms with Crippen LogP contribution in [0.1, 0.15) is 48.7 Å². The number of hydrogen-bond donors (Lipinski definition) is 0. The van der Waals surface area contributed by atoms with Gasteiger partial charge in [0.15, 0.2) is 17.3 Å². The second kappa shape index (κ2) is 11.2. The molecule has 3 fully saturated rings. The molecule has 9 rings (SSSR count). The summed E-state index contributed by atoms with van der Waals surface area (Å²) in [5.41, 5.74) is 5.94. The molecule has 242 valence electrons. The molecule has 1 amide bonds. The van der Waals surface area contributed by atoms with Crippen LogP contribution in [0.5, 0.6) is 5.75 Å². The van der Waals surface area contributed by atoms with Crippen molar-refractivity contribution >= 4 is 33.8 Å². The number of amides is 1. The van der Waals surface area contributed by atoms with Crippen LogP contribution in [0.3, 0.4) is 0 Å². The Labute approximate surface area is 278 Å². The van der Waals surface area contributed by atoms with E-state index in [0.717, 1.165) is 72.6 Å². The summed E-state index contributed by atoms with van der Waals surface area (Å²) in [6, 6.07) is 12.5. The Morgan fingerprint density at radius 2 is 1.88 bits per heavy atom. The van der Waals surface area contributed by atoms with E-state index in [1.54, 1.807) is 19.5 Å². The molecule has 0 bridgehead atoms. The Kier molecular flexibility index (Phi) is 6.74. The Bertz CT molecular complexity index is 2170. The van der Waals surface area contributed by atoms with Gasteiger partial charge < -0.3 is 23.7 Å². The summed E-state index contributed by atoms with van der Waals surface area (Å²) in [6.45, 7) is 5.99. The van der Waals surface area contributed by atoms with Crippen molar-refractivity contribution in [1.29, 1.82) is 5.26 Å². The molecule has 4 aliphatic rings. The summed E-state index contributed by atoms with van der Waals surface area (Å²) in [5, 5.41) is 10.8. The van der Waals surface area contributed by atoms with Crippen LogP contribution in [0.4, 0.5) is 5.82 Å². The van der Waals surface area contributed by atoms with E-state index >= 15 is 0 Å². The number of imidazole rings is 1. The molecule has 4 aromatic heterocycles. The number of pyridine rings is 1. The number of rotatable bonds is 8. The van der Waals surface area contributed by atoms with Gasteiger partial charge in [-0.2, -0.15) is 5.26 Å². The van der Waals surface area contributed by atoms with Gasteiger partial charge in [-0.25, -0.2) is 19.9 Å². The fourth-order valence-corrected chi connectivity index (χ4v) is 8.08. The van der Waals surface area contributed by atoms with Gasteiger partial charge in [0.2, 0.25) is 0 Å². The van der Waals surface area contributed by atoms with Crippen LogP contribution < -0.4 is 9.64 Å². The monoisotopic (exact) mass is 639 g/mol. The maximum atomic E-state index is 14.0. The predicted octanol–water partition coefficient (Wildman–Crippen LogP) is 5.45. The van der Waals surface area contributed by atoms with Crippen LogP contribution >= 0.6 is 0 Å². The summed E-state index contributed by atoms with van der Waals surface area (Å²) in [5.74, 6) is 3.52. The van der Waals surface area contributed by atoms with Crippen LogP contribution in [-0.2, 0) is 13.1 Å². The van der Waals surface area contributed by atoms with Gasteiger partial charge in [0.05, 0.1) is 24.4 Å². The minimum atomic E-state index is 0.0184. The van der Waals surface area contributed by atoms with Gasteiger partial charge >= 0.3 is 0 Å². The molecule has 3 atom stereocenters. The molecule has 11 heteroatoms. The van der Waals surface area contributed by atoms with Crippen molar-refractivity contribution in [2.45, 2.75) is 51.7 Å². The molecule has 2 aliphatic carbocycles. The first-order chi connectivity index (χ1) is 23.5. The molecule has 1 aromatic carbocycles. The normalized spacial score (nSPS) is 21.8. The molecule has 0 N–H and O–H groups in total. The highest BCUT2D eigenvalue weighted by Crippen LogP contribution is 2.42. The molecule has 6 heterocycles. The van der Waals surface area contributed by atoms with Crippen molar-refractivity contribution in [2.75, 3.05) is 31.6 Å². The molecule has 11 nitrogen and oxygen atoms in total. The highest BCUT2D eigenvalue weighted by Gasteiger charge is 2.41. The van der Waals surface area contributed by atoms with Crippen LogP contribution in [0.2, 0.25) is 0 Å². The molecule has 5 aromatic rings. The standard InChI is InChI=1S/C37H37N9O2/c1-22-28-8-7-26(28)21-44(22)37(47)27-14-29-33(32(16-27)48-2)46(20-24-9-13-43(18-24)35-30(17-38)39-11-12-41-35)36(42-29)31-15-25-4-3-10-40-34(25)45(31)19-23-5-6-23/h3-4,8,10-12,14-16,22-24,26H,5-7,9,13,18-21H2,1-2H3/t22?,24-,26?/m0/s1. The van der Waals surface area contributed by atoms with Gasteiger partial charge in [-0.3, -0.25) is 4.79 Å². The third-order valence-electron chi connectivity index (χ3n) is 10.8. The first kappa shape index (κ1) is 28.9. The quantitative estimate of drug-likeness (QED) is 0.206. The number of benzene rings is 1. The van der Waals surface area contributed by atoms with Gasteiger partial charge in [-0.15, -0.1) is 0 Å². The minimum Gasteiger partial charge on any atom is -0.494 e. The SMILES string of the molecule is COc1cc(C(=O)N2CC3CC=C3C2C)cc2nc(-c3cc4cccnc4n3CC3CC3)n(C[C@H]3CCN(c4nccnc4C#N)C3)c12. The third-order valence-corrected chi connectivity index (χ3v) is 10.8. The topological polar surface area (TPSA) is 118 Å². The zero-order valence-electron chi connectivity index (χ0n) is 27.2. The number of carbonyl (C=O) groups is 1. The van der Waals surface area contributed by atoms with Gasteiger partial charge in [-0.05, 0) is 80.3 Å². The Morgan fingerprint density at radius 3 is 2.62 bits per heavy atom. The maximum Gasteiger partial charge on any atom is 0.254 e. The molecular weight excluding hydrogens is 602 g/mol. The number of methoxy groups -OCH3 is 1. The minimum absolute atomic E-state index is 0.0184. The Morgan fingerprint density at radius 1 is 1.02 bits per heavy atom. The first-order valence-corrected chi connectivity index (χ1v) is 17.0. The second-order valence-corrected chi connectivity index (χ2v) is 13.8. The molecule has 1 saturated carbocycles. The lowest BCUT2D eigenvalue weighted by atomic mass is 9.85. The van der Waals surface area contributed by atoms with Crippen molar-refractivity contribution < 1.29 is 9.53 Å². The number of fused-ring (bicyclic) bond motifs is 3. The predicted molar refractivity (Wildman–Crippen MR) is 181 cm³/mol. The molecule has 2 aliphatic heterocycles. The summed E-state index contributed by atoms with van der Waals surface area (Å²) in [7, 11) is 1.67. The smallest absolute Gasteiger partial charge is 0.254 e. The lowest BCUT2D eigenvalue weighted by Crippen LogP contribution is -2.34. The van der Waals surface area contributed by atoms with Crippen molar-refractivity contribution in [1.82, 2.24) is 34.0 Å². The molecule has 2 saturated heterocycles. The fourth-order valence-electron chi connectivity index (χ4n) is 8.08. The number of ether oxygens (including phenoxy) is 1. The summed E-state index contributed by atoms with van der Waals surface area (Å²) in [6.07, 6.45) is 11.8. The van der Waals surface area contributed by atoms with Gasteiger partial charge in [0, 0.05) is 68.2 Å². The first-order valence-electron chi connectivity index (χ1n) is 17.0. The van der Waals surface area contributed by atoms with E-state index in [1.807, 2.05) is 29.3 Å². The highest BCUT2D eigenvalue weighted by molar-refractivity contribution is 6.00. The van der Waals surface area contributed by atoms with Gasteiger partial charge in [0.25, 0.3) is 5.91 Å². The van der Waals surface area contributed by atoms with Crippen LogP contribution in [0.15, 0.2) is 60.6 Å². The van der Waals surface area contributed by atoms with E-state index in [0.29, 0.717) is 41.2 Å². The van der Waals surface area contributed by atoms with Crippen molar-refractivity contribution in [3.63, 3.8) is 0 Å². The van der Waals surface area contributed by atoms with Crippen LogP contribution in [0.25, 0.3) is 33.6 Å². The molecule has 48 heavy (non-hydrogen) atoms. The van der Waals surface area contributed by atoms with E-state index in [1.165, 1.54) is 18.4 Å². The lowest BCUT2D eigenvalue weighted by molar-refractivity contribution is 0.0751. The number of nitriles is 1. The Balaban J connectivity index is 1.16. The summed E-state index contributed by atoms with van der Waals surface area (Å²) >= 11 is 0. The Hall–Kier alpha value is -5.24. The highest BCUT2D eigenvalue weighted by atomic mass is 16.5. The number of nitrogens with zero attached hydrogens (tertiary/aromatic N) is 9. The molecular formula is C37H37N9O2. The zero-order chi connectivity index (χ0) is 32.5. The van der Waals surface area contributed by atoms with Crippen LogP contribution in [-0.4, -0.2) is 72.7 Å². The molecule has 0 radical (unpaired) electrons. The van der Waals surface area contributed by atoms with Crippen molar-refractivity contribution in [3.8, 4) is 23.3 Å². The van der Waals surface area contributed by atoms with Gasteiger partial charge in [-0.1, -0.05) is 6.08 Å². The number of aromatic nitrogens is 6. The lowest BCUT2D eigenvalue weighted by Gasteiger charge is -2.23. The molecule has 0 spiro atoms. The van der Waals surface area contributed by atoms with E-state index in [4.69, 9.17) is 14.7 Å². The van der Waals surface area contributed by atoms with E-state index in [9.17, 15) is 10.1 Å². The number of likely N-dealkylation sites (tertiary alicyclic amines) is 1. The zero-order valence-corrected chi connectivity index (χ0v) is 27.2. The fraction of sp³-hybridized carbons (Fsp3) is 0.405.